The van der Waals surface area contributed by atoms with Crippen molar-refractivity contribution < 1.29 is 5.11 Å². The van der Waals surface area contributed by atoms with Crippen LogP contribution in [-0.4, -0.2) is 31.3 Å². The van der Waals surface area contributed by atoms with Gasteiger partial charge in [0.15, 0.2) is 0 Å². The van der Waals surface area contributed by atoms with Crippen LogP contribution in [0.3, 0.4) is 0 Å². The Labute approximate surface area is 78.8 Å². The van der Waals surface area contributed by atoms with Gasteiger partial charge in [0, 0.05) is 25.8 Å². The second-order valence-corrected chi connectivity index (χ2v) is 3.11. The molecule has 1 rings (SSSR count). The number of aliphatic hydroxyl groups is 1. The van der Waals surface area contributed by atoms with Gasteiger partial charge in [0.1, 0.15) is 0 Å². The molecule has 13 heavy (non-hydrogen) atoms. The lowest BCUT2D eigenvalue weighted by atomic mass is 10.2. The molecule has 72 valence electrons. The Bertz CT molecular complexity index is 238. The van der Waals surface area contributed by atoms with Gasteiger partial charge in [-0.1, -0.05) is 18.2 Å². The number of para-hydroxylation sites is 1. The standard InChI is InChI=1S/C10H16N2O/c1-12(8-10(13)7-11)9-5-3-2-4-6-9/h2-6,10,13H,7-8,11H2,1H3. The van der Waals surface area contributed by atoms with Crippen LogP contribution in [0.4, 0.5) is 5.69 Å². The van der Waals surface area contributed by atoms with Gasteiger partial charge in [0.2, 0.25) is 0 Å². The maximum atomic E-state index is 9.32. The van der Waals surface area contributed by atoms with E-state index in [1.807, 2.05) is 42.3 Å². The van der Waals surface area contributed by atoms with Crippen LogP contribution >= 0.6 is 0 Å². The maximum Gasteiger partial charge on any atom is 0.0836 e. The second-order valence-electron chi connectivity index (χ2n) is 3.11. The predicted molar refractivity (Wildman–Crippen MR) is 54.8 cm³/mol. The Morgan fingerprint density at radius 2 is 2.00 bits per heavy atom. The number of nitrogens with zero attached hydrogens (tertiary/aromatic N) is 1. The summed E-state index contributed by atoms with van der Waals surface area (Å²) in [6, 6.07) is 9.92. The van der Waals surface area contributed by atoms with E-state index in [1.165, 1.54) is 0 Å². The van der Waals surface area contributed by atoms with E-state index in [-0.39, 0.29) is 0 Å². The van der Waals surface area contributed by atoms with Crippen LogP contribution in [0.5, 0.6) is 0 Å². The van der Waals surface area contributed by atoms with Crippen LogP contribution < -0.4 is 10.6 Å². The van der Waals surface area contributed by atoms with E-state index < -0.39 is 6.10 Å². The minimum absolute atomic E-state index is 0.303. The zero-order valence-electron chi connectivity index (χ0n) is 7.85. The molecule has 1 aromatic carbocycles. The molecule has 1 unspecified atom stereocenters. The van der Waals surface area contributed by atoms with E-state index in [0.29, 0.717) is 13.1 Å². The third-order valence-electron chi connectivity index (χ3n) is 1.95. The average Bonchev–Trinajstić information content (AvgIpc) is 2.19. The van der Waals surface area contributed by atoms with Gasteiger partial charge in [0.25, 0.3) is 0 Å². The minimum atomic E-state index is -0.454. The summed E-state index contributed by atoms with van der Waals surface area (Å²) >= 11 is 0. The lowest BCUT2D eigenvalue weighted by Gasteiger charge is -2.21. The van der Waals surface area contributed by atoms with Gasteiger partial charge in [-0.25, -0.2) is 0 Å². The molecule has 0 aromatic heterocycles. The van der Waals surface area contributed by atoms with Crippen molar-refractivity contribution in [2.24, 2.45) is 5.73 Å². The molecule has 0 aliphatic carbocycles. The molecule has 0 radical (unpaired) electrons. The van der Waals surface area contributed by atoms with E-state index in [4.69, 9.17) is 5.73 Å². The van der Waals surface area contributed by atoms with Gasteiger partial charge in [-0.3, -0.25) is 0 Å². The van der Waals surface area contributed by atoms with Gasteiger partial charge < -0.3 is 15.7 Å². The van der Waals surface area contributed by atoms with Crippen molar-refractivity contribution in [1.29, 1.82) is 0 Å². The molecule has 0 aliphatic rings. The van der Waals surface area contributed by atoms with Crippen LogP contribution in [0.2, 0.25) is 0 Å². The number of aliphatic hydroxyl groups excluding tert-OH is 1. The highest BCUT2D eigenvalue weighted by atomic mass is 16.3. The average molecular weight is 180 g/mol. The fourth-order valence-electron chi connectivity index (χ4n) is 1.18. The molecule has 0 spiro atoms. The zero-order valence-corrected chi connectivity index (χ0v) is 7.85. The van der Waals surface area contributed by atoms with Crippen molar-refractivity contribution in [3.63, 3.8) is 0 Å². The molecule has 0 fully saturated rings. The third kappa shape index (κ3) is 3.05. The molecule has 1 aromatic rings. The lowest BCUT2D eigenvalue weighted by molar-refractivity contribution is 0.189. The predicted octanol–water partition coefficient (Wildman–Crippen LogP) is 0.442. The molecular formula is C10H16N2O. The molecule has 3 nitrogen and oxygen atoms in total. The van der Waals surface area contributed by atoms with Gasteiger partial charge in [-0.2, -0.15) is 0 Å². The highest BCUT2D eigenvalue weighted by Crippen LogP contribution is 2.10. The number of hydrogen-bond donors (Lipinski definition) is 2. The smallest absolute Gasteiger partial charge is 0.0836 e. The first-order valence-electron chi connectivity index (χ1n) is 4.38. The van der Waals surface area contributed by atoms with Crippen molar-refractivity contribution >= 4 is 5.69 Å². The van der Waals surface area contributed by atoms with E-state index in [9.17, 15) is 5.11 Å². The lowest BCUT2D eigenvalue weighted by Crippen LogP contribution is -2.34. The Kier molecular flexibility index (Phi) is 3.73. The van der Waals surface area contributed by atoms with Gasteiger partial charge in [-0.15, -0.1) is 0 Å². The SMILES string of the molecule is CN(CC(O)CN)c1ccccc1. The van der Waals surface area contributed by atoms with Crippen molar-refractivity contribution in [3.8, 4) is 0 Å². The molecular weight excluding hydrogens is 164 g/mol. The Hall–Kier alpha value is -1.06. The van der Waals surface area contributed by atoms with Gasteiger partial charge in [-0.05, 0) is 12.1 Å². The fourth-order valence-corrected chi connectivity index (χ4v) is 1.18. The van der Waals surface area contributed by atoms with Crippen LogP contribution in [0.15, 0.2) is 30.3 Å². The number of anilines is 1. The fraction of sp³-hybridized carbons (Fsp3) is 0.400. The first-order chi connectivity index (χ1) is 6.24. The Morgan fingerprint density at radius 3 is 2.54 bits per heavy atom. The zero-order chi connectivity index (χ0) is 9.68. The van der Waals surface area contributed by atoms with Crippen molar-refractivity contribution in [2.75, 3.05) is 25.0 Å². The normalized spacial score (nSPS) is 12.5. The monoisotopic (exact) mass is 180 g/mol. The third-order valence-corrected chi connectivity index (χ3v) is 1.95. The molecule has 0 bridgehead atoms. The van der Waals surface area contributed by atoms with E-state index in [2.05, 4.69) is 0 Å². The molecule has 0 heterocycles. The van der Waals surface area contributed by atoms with Crippen molar-refractivity contribution in [3.05, 3.63) is 30.3 Å². The summed E-state index contributed by atoms with van der Waals surface area (Å²) < 4.78 is 0. The van der Waals surface area contributed by atoms with Crippen LogP contribution in [-0.2, 0) is 0 Å². The molecule has 0 saturated heterocycles. The van der Waals surface area contributed by atoms with Crippen LogP contribution in [0.1, 0.15) is 0 Å². The first-order valence-corrected chi connectivity index (χ1v) is 4.38. The van der Waals surface area contributed by atoms with E-state index in [1.54, 1.807) is 0 Å². The molecule has 1 atom stereocenters. The van der Waals surface area contributed by atoms with Crippen molar-refractivity contribution in [1.82, 2.24) is 0 Å². The largest absolute Gasteiger partial charge is 0.390 e. The maximum absolute atomic E-state index is 9.32. The summed E-state index contributed by atoms with van der Waals surface area (Å²) in [5.41, 5.74) is 6.41. The van der Waals surface area contributed by atoms with Crippen LogP contribution in [0, 0.1) is 0 Å². The summed E-state index contributed by atoms with van der Waals surface area (Å²) in [4.78, 5) is 1.98. The second kappa shape index (κ2) is 4.84. The summed E-state index contributed by atoms with van der Waals surface area (Å²) in [7, 11) is 1.94. The molecule has 0 amide bonds. The van der Waals surface area contributed by atoms with E-state index >= 15 is 0 Å². The quantitative estimate of drug-likeness (QED) is 0.707. The topological polar surface area (TPSA) is 49.5 Å². The number of rotatable bonds is 4. The highest BCUT2D eigenvalue weighted by molar-refractivity contribution is 5.45. The van der Waals surface area contributed by atoms with Gasteiger partial charge >= 0.3 is 0 Å². The number of benzene rings is 1. The molecule has 0 saturated carbocycles. The molecule has 3 heteroatoms. The molecule has 3 N–H and O–H groups in total. The summed E-state index contributed by atoms with van der Waals surface area (Å²) in [5.74, 6) is 0. The Morgan fingerprint density at radius 1 is 1.38 bits per heavy atom. The summed E-state index contributed by atoms with van der Waals surface area (Å²) in [6.45, 7) is 0.873. The van der Waals surface area contributed by atoms with Gasteiger partial charge in [0.05, 0.1) is 6.10 Å². The first kappa shape index (κ1) is 10.0. The molecule has 0 aliphatic heterocycles. The number of nitrogens with two attached hydrogens (primary N) is 1. The van der Waals surface area contributed by atoms with Crippen LogP contribution in [0.25, 0.3) is 0 Å². The summed E-state index contributed by atoms with van der Waals surface area (Å²) in [6.07, 6.45) is -0.454. The number of likely N-dealkylation sites (N-methyl/N-ethyl adjacent to an activating group) is 1. The van der Waals surface area contributed by atoms with Crippen molar-refractivity contribution in [2.45, 2.75) is 6.10 Å². The highest BCUT2D eigenvalue weighted by Gasteiger charge is 2.05. The van der Waals surface area contributed by atoms with E-state index in [0.717, 1.165) is 5.69 Å². The number of hydrogen-bond acceptors (Lipinski definition) is 3. The Balaban J connectivity index is 2.53. The summed E-state index contributed by atoms with van der Waals surface area (Å²) in [5, 5.41) is 9.32. The minimum Gasteiger partial charge on any atom is -0.390 e.